The normalized spacial score (nSPS) is 22.8. The number of hydrogen-bond donors (Lipinski definition) is 2. The Kier molecular flexibility index (Phi) is 8.64. The van der Waals surface area contributed by atoms with Crippen LogP contribution in [0.15, 0.2) is 0 Å². The molecule has 25 heavy (non-hydrogen) atoms. The molecule has 0 aromatic carbocycles. The third-order valence-corrected chi connectivity index (χ3v) is 5.31. The summed E-state index contributed by atoms with van der Waals surface area (Å²) in [7, 11) is 0. The lowest BCUT2D eigenvalue weighted by Crippen LogP contribution is -2.47. The number of hydrogen-bond acceptors (Lipinski definition) is 5. The Labute approximate surface area is 150 Å². The second-order valence-electron chi connectivity index (χ2n) is 6.95. The number of piperidine rings is 2. The average Bonchev–Trinajstić information content (AvgIpc) is 2.66. The Morgan fingerprint density at radius 2 is 1.92 bits per heavy atom. The zero-order valence-corrected chi connectivity index (χ0v) is 15.4. The summed E-state index contributed by atoms with van der Waals surface area (Å²) in [6.07, 6.45) is 4.81. The minimum atomic E-state index is -0.00821. The molecule has 0 saturated carbocycles. The van der Waals surface area contributed by atoms with E-state index in [1.54, 1.807) is 4.90 Å². The van der Waals surface area contributed by atoms with Gasteiger partial charge >= 0.3 is 0 Å². The van der Waals surface area contributed by atoms with Crippen LogP contribution in [0.3, 0.4) is 0 Å². The Balaban J connectivity index is 1.64. The molecule has 2 aliphatic heterocycles. The van der Waals surface area contributed by atoms with Crippen molar-refractivity contribution < 1.29 is 19.4 Å². The summed E-state index contributed by atoms with van der Waals surface area (Å²) in [6, 6.07) is 0.241. The number of carbonyl (C=O) groups is 2. The van der Waals surface area contributed by atoms with Crippen LogP contribution in [0.4, 0.5) is 0 Å². The van der Waals surface area contributed by atoms with Gasteiger partial charge in [0.2, 0.25) is 11.8 Å². The lowest BCUT2D eigenvalue weighted by molar-refractivity contribution is -0.139. The van der Waals surface area contributed by atoms with Gasteiger partial charge in [0.25, 0.3) is 0 Å². The first-order chi connectivity index (χ1) is 12.2. The SMILES string of the molecule is CCOCC(=O)N1CCC(C(=O)NCCN2CCCC[C@@H]2CO)CC1. The number of nitrogens with one attached hydrogen (secondary N) is 1. The standard InChI is InChI=1S/C18H33N3O4/c1-2-25-14-17(23)21-10-6-15(7-11-21)18(24)19-8-12-20-9-4-3-5-16(20)13-22/h15-16,22H,2-14H2,1H3,(H,19,24)/t16-/m1/s1. The van der Waals surface area contributed by atoms with Crippen LogP contribution in [-0.2, 0) is 14.3 Å². The third-order valence-electron chi connectivity index (χ3n) is 5.31. The number of aliphatic hydroxyl groups excluding tert-OH is 1. The molecule has 2 N–H and O–H groups in total. The molecule has 0 radical (unpaired) electrons. The first-order valence-corrected chi connectivity index (χ1v) is 9.63. The van der Waals surface area contributed by atoms with Gasteiger partial charge < -0.3 is 20.1 Å². The zero-order valence-electron chi connectivity index (χ0n) is 15.4. The Morgan fingerprint density at radius 3 is 2.60 bits per heavy atom. The molecule has 0 aliphatic carbocycles. The number of ether oxygens (including phenoxy) is 1. The van der Waals surface area contributed by atoms with Crippen molar-refractivity contribution in [2.45, 2.75) is 45.1 Å². The van der Waals surface area contributed by atoms with Crippen molar-refractivity contribution in [3.8, 4) is 0 Å². The van der Waals surface area contributed by atoms with E-state index in [-0.39, 0.29) is 37.0 Å². The van der Waals surface area contributed by atoms with Crippen LogP contribution in [0.2, 0.25) is 0 Å². The van der Waals surface area contributed by atoms with Crippen LogP contribution in [0.25, 0.3) is 0 Å². The maximum Gasteiger partial charge on any atom is 0.248 e. The van der Waals surface area contributed by atoms with Crippen LogP contribution >= 0.6 is 0 Å². The highest BCUT2D eigenvalue weighted by Gasteiger charge is 2.27. The molecule has 0 unspecified atom stereocenters. The molecule has 2 fully saturated rings. The number of aliphatic hydroxyl groups is 1. The Bertz CT molecular complexity index is 425. The minimum absolute atomic E-state index is 0.00821. The molecule has 2 aliphatic rings. The third kappa shape index (κ3) is 6.24. The predicted octanol–water partition coefficient (Wildman–Crippen LogP) is 0.225. The van der Waals surface area contributed by atoms with Gasteiger partial charge in [0.05, 0.1) is 6.61 Å². The van der Waals surface area contributed by atoms with Crippen LogP contribution in [0.5, 0.6) is 0 Å². The van der Waals surface area contributed by atoms with Crippen LogP contribution < -0.4 is 5.32 Å². The lowest BCUT2D eigenvalue weighted by atomic mass is 9.96. The summed E-state index contributed by atoms with van der Waals surface area (Å²) < 4.78 is 5.16. The van der Waals surface area contributed by atoms with E-state index in [1.165, 1.54) is 12.8 Å². The number of amides is 2. The minimum Gasteiger partial charge on any atom is -0.395 e. The monoisotopic (exact) mass is 355 g/mol. The fraction of sp³-hybridized carbons (Fsp3) is 0.889. The predicted molar refractivity (Wildman–Crippen MR) is 95.1 cm³/mol. The Morgan fingerprint density at radius 1 is 1.16 bits per heavy atom. The fourth-order valence-corrected chi connectivity index (χ4v) is 3.70. The zero-order chi connectivity index (χ0) is 18.1. The summed E-state index contributed by atoms with van der Waals surface area (Å²) in [4.78, 5) is 28.3. The highest BCUT2D eigenvalue weighted by Crippen LogP contribution is 2.18. The molecule has 0 bridgehead atoms. The molecular weight excluding hydrogens is 322 g/mol. The van der Waals surface area contributed by atoms with Crippen molar-refractivity contribution in [3.63, 3.8) is 0 Å². The Hall–Kier alpha value is -1.18. The molecule has 2 rings (SSSR count). The van der Waals surface area contributed by atoms with E-state index in [1.807, 2.05) is 6.92 Å². The second-order valence-corrected chi connectivity index (χ2v) is 6.95. The van der Waals surface area contributed by atoms with E-state index in [9.17, 15) is 14.7 Å². The maximum absolute atomic E-state index is 12.3. The van der Waals surface area contributed by atoms with Gasteiger partial charge in [-0.1, -0.05) is 6.42 Å². The number of nitrogens with zero attached hydrogens (tertiary/aromatic N) is 2. The highest BCUT2D eigenvalue weighted by molar-refractivity contribution is 5.80. The summed E-state index contributed by atoms with van der Waals surface area (Å²) in [5.41, 5.74) is 0. The van der Waals surface area contributed by atoms with Crippen molar-refractivity contribution in [2.24, 2.45) is 5.92 Å². The second kappa shape index (κ2) is 10.7. The van der Waals surface area contributed by atoms with Gasteiger partial charge in [-0.05, 0) is 39.2 Å². The molecule has 1 atom stereocenters. The van der Waals surface area contributed by atoms with E-state index >= 15 is 0 Å². The summed E-state index contributed by atoms with van der Waals surface area (Å²) in [6.45, 7) is 6.42. The molecule has 2 heterocycles. The smallest absolute Gasteiger partial charge is 0.248 e. The molecule has 144 valence electrons. The largest absolute Gasteiger partial charge is 0.395 e. The number of rotatable bonds is 8. The lowest BCUT2D eigenvalue weighted by Gasteiger charge is -2.35. The molecule has 0 spiro atoms. The molecule has 0 aromatic rings. The van der Waals surface area contributed by atoms with Gasteiger partial charge in [-0.15, -0.1) is 0 Å². The first-order valence-electron chi connectivity index (χ1n) is 9.63. The van der Waals surface area contributed by atoms with Gasteiger partial charge in [0.15, 0.2) is 0 Å². The van der Waals surface area contributed by atoms with Crippen molar-refractivity contribution in [2.75, 3.05) is 52.5 Å². The van der Waals surface area contributed by atoms with Gasteiger partial charge in [0.1, 0.15) is 6.61 Å². The first kappa shape index (κ1) is 20.1. The van der Waals surface area contributed by atoms with Gasteiger partial charge in [0, 0.05) is 44.7 Å². The van der Waals surface area contributed by atoms with Gasteiger partial charge in [-0.2, -0.15) is 0 Å². The quantitative estimate of drug-likeness (QED) is 0.651. The van der Waals surface area contributed by atoms with Crippen molar-refractivity contribution in [3.05, 3.63) is 0 Å². The number of likely N-dealkylation sites (tertiary alicyclic amines) is 2. The van der Waals surface area contributed by atoms with Crippen molar-refractivity contribution in [1.82, 2.24) is 15.1 Å². The van der Waals surface area contributed by atoms with Gasteiger partial charge in [-0.25, -0.2) is 0 Å². The van der Waals surface area contributed by atoms with E-state index in [4.69, 9.17) is 4.74 Å². The van der Waals surface area contributed by atoms with Crippen LogP contribution in [0.1, 0.15) is 39.0 Å². The van der Waals surface area contributed by atoms with E-state index < -0.39 is 0 Å². The molecule has 0 aromatic heterocycles. The molecule has 7 heteroatoms. The highest BCUT2D eigenvalue weighted by atomic mass is 16.5. The van der Waals surface area contributed by atoms with E-state index in [0.717, 1.165) is 19.5 Å². The molecular formula is C18H33N3O4. The summed E-state index contributed by atoms with van der Waals surface area (Å²) in [5, 5.41) is 12.5. The van der Waals surface area contributed by atoms with Crippen molar-refractivity contribution in [1.29, 1.82) is 0 Å². The van der Waals surface area contributed by atoms with Crippen LogP contribution in [-0.4, -0.2) is 85.3 Å². The van der Waals surface area contributed by atoms with Crippen molar-refractivity contribution >= 4 is 11.8 Å². The van der Waals surface area contributed by atoms with Crippen LogP contribution in [0, 0.1) is 5.92 Å². The fourth-order valence-electron chi connectivity index (χ4n) is 3.70. The molecule has 7 nitrogen and oxygen atoms in total. The van der Waals surface area contributed by atoms with Gasteiger partial charge in [-0.3, -0.25) is 14.5 Å². The average molecular weight is 355 g/mol. The van der Waals surface area contributed by atoms with E-state index in [2.05, 4.69) is 10.2 Å². The van der Waals surface area contributed by atoms with E-state index in [0.29, 0.717) is 39.1 Å². The molecule has 2 saturated heterocycles. The summed E-state index contributed by atoms with van der Waals surface area (Å²) >= 11 is 0. The maximum atomic E-state index is 12.3. The topological polar surface area (TPSA) is 82.1 Å². The number of carbonyl (C=O) groups excluding carboxylic acids is 2. The summed E-state index contributed by atoms with van der Waals surface area (Å²) in [5.74, 6) is 0.0986. The molecule has 2 amide bonds.